The monoisotopic (exact) mass is 382 g/mol. The molecule has 1 heterocycles. The van der Waals surface area contributed by atoms with Gasteiger partial charge >= 0.3 is 0 Å². The van der Waals surface area contributed by atoms with Crippen LogP contribution in [0.25, 0.3) is 22.5 Å². The van der Waals surface area contributed by atoms with Gasteiger partial charge in [0.25, 0.3) is 5.91 Å². The minimum atomic E-state index is -0.334. The van der Waals surface area contributed by atoms with Crippen LogP contribution in [0.2, 0.25) is 0 Å². The van der Waals surface area contributed by atoms with E-state index in [0.717, 1.165) is 22.3 Å². The molecule has 7 heteroatoms. The van der Waals surface area contributed by atoms with Crippen LogP contribution in [0, 0.1) is 0 Å². The summed E-state index contributed by atoms with van der Waals surface area (Å²) >= 11 is 0. The zero-order valence-electron chi connectivity index (χ0n) is 15.5. The number of benzene rings is 3. The van der Waals surface area contributed by atoms with Gasteiger partial charge in [-0.05, 0) is 21.9 Å². The molecule has 1 N–H and O–H groups in total. The van der Waals surface area contributed by atoms with Crippen LogP contribution in [0.1, 0.15) is 5.56 Å². The summed E-state index contributed by atoms with van der Waals surface area (Å²) in [5.41, 5.74) is 6.48. The fourth-order valence-electron chi connectivity index (χ4n) is 2.75. The minimum absolute atomic E-state index is 0.0654. The molecular formula is C22H18N6O. The summed E-state index contributed by atoms with van der Waals surface area (Å²) in [6, 6.07) is 27.5. The number of rotatable bonds is 6. The zero-order chi connectivity index (χ0) is 19.9. The Hall–Kier alpha value is -4.13. The first-order chi connectivity index (χ1) is 14.3. The van der Waals surface area contributed by atoms with Crippen molar-refractivity contribution in [2.45, 2.75) is 6.54 Å². The van der Waals surface area contributed by atoms with Crippen molar-refractivity contribution in [2.75, 3.05) is 0 Å². The molecule has 0 spiro atoms. The first-order valence-electron chi connectivity index (χ1n) is 9.08. The first-order valence-corrected chi connectivity index (χ1v) is 9.08. The average Bonchev–Trinajstić information content (AvgIpc) is 3.24. The molecule has 0 aliphatic heterocycles. The number of nitrogens with one attached hydrogen (secondary N) is 1. The first kappa shape index (κ1) is 18.2. The second-order valence-electron chi connectivity index (χ2n) is 6.29. The Kier molecular flexibility index (Phi) is 5.48. The molecule has 1 aromatic heterocycles. The van der Waals surface area contributed by atoms with Crippen molar-refractivity contribution in [1.82, 2.24) is 25.6 Å². The van der Waals surface area contributed by atoms with Gasteiger partial charge in [-0.15, -0.1) is 10.2 Å². The van der Waals surface area contributed by atoms with Gasteiger partial charge in [-0.1, -0.05) is 84.9 Å². The van der Waals surface area contributed by atoms with Crippen molar-refractivity contribution in [3.8, 4) is 22.5 Å². The highest BCUT2D eigenvalue weighted by Gasteiger charge is 2.08. The predicted octanol–water partition coefficient (Wildman–Crippen LogP) is 3.16. The lowest BCUT2D eigenvalue weighted by Crippen LogP contribution is -2.24. The number of tetrazole rings is 1. The molecule has 0 radical (unpaired) electrons. The molecule has 0 saturated carbocycles. The SMILES string of the molecule is O=C(Cn1nnc(-c2ccccc2)n1)N/N=C\c1ccc(-c2ccccc2)cc1. The minimum Gasteiger partial charge on any atom is -0.271 e. The lowest BCUT2D eigenvalue weighted by molar-refractivity contribution is -0.122. The second kappa shape index (κ2) is 8.71. The molecule has 29 heavy (non-hydrogen) atoms. The Morgan fingerprint density at radius 3 is 2.17 bits per heavy atom. The van der Waals surface area contributed by atoms with E-state index in [1.54, 1.807) is 6.21 Å². The quantitative estimate of drug-likeness (QED) is 0.410. The van der Waals surface area contributed by atoms with Crippen LogP contribution in [-0.4, -0.2) is 32.3 Å². The van der Waals surface area contributed by atoms with E-state index in [4.69, 9.17) is 0 Å². The van der Waals surface area contributed by atoms with Crippen molar-refractivity contribution in [2.24, 2.45) is 5.10 Å². The van der Waals surface area contributed by atoms with Crippen LogP contribution >= 0.6 is 0 Å². The van der Waals surface area contributed by atoms with E-state index in [1.807, 2.05) is 72.8 Å². The average molecular weight is 382 g/mol. The molecular weight excluding hydrogens is 364 g/mol. The van der Waals surface area contributed by atoms with Gasteiger partial charge in [0.15, 0.2) is 0 Å². The molecule has 0 fully saturated rings. The van der Waals surface area contributed by atoms with Gasteiger partial charge in [0.05, 0.1) is 6.21 Å². The van der Waals surface area contributed by atoms with Crippen molar-refractivity contribution in [3.63, 3.8) is 0 Å². The molecule has 0 aliphatic rings. The number of hydrazone groups is 1. The summed E-state index contributed by atoms with van der Waals surface area (Å²) in [6.07, 6.45) is 1.59. The number of amides is 1. The number of aromatic nitrogens is 4. The number of hydrogen-bond donors (Lipinski definition) is 1. The molecule has 4 rings (SSSR count). The summed E-state index contributed by atoms with van der Waals surface area (Å²) in [7, 11) is 0. The van der Waals surface area contributed by atoms with Gasteiger partial charge in [0.1, 0.15) is 6.54 Å². The molecule has 0 saturated heterocycles. The second-order valence-corrected chi connectivity index (χ2v) is 6.29. The summed E-state index contributed by atoms with van der Waals surface area (Å²) < 4.78 is 0. The Morgan fingerprint density at radius 1 is 0.862 bits per heavy atom. The van der Waals surface area contributed by atoms with E-state index in [1.165, 1.54) is 4.80 Å². The van der Waals surface area contributed by atoms with E-state index in [-0.39, 0.29) is 12.5 Å². The van der Waals surface area contributed by atoms with Crippen molar-refractivity contribution >= 4 is 12.1 Å². The highest BCUT2D eigenvalue weighted by atomic mass is 16.2. The molecule has 0 atom stereocenters. The summed E-state index contributed by atoms with van der Waals surface area (Å²) in [5, 5.41) is 16.1. The number of carbonyl (C=O) groups excluding carboxylic acids is 1. The molecule has 3 aromatic carbocycles. The van der Waals surface area contributed by atoms with Gasteiger partial charge in [-0.2, -0.15) is 9.90 Å². The Balaban J connectivity index is 1.32. The van der Waals surface area contributed by atoms with Gasteiger partial charge in [-0.25, -0.2) is 5.43 Å². The third-order valence-electron chi connectivity index (χ3n) is 4.19. The van der Waals surface area contributed by atoms with Gasteiger partial charge in [-0.3, -0.25) is 4.79 Å². The lowest BCUT2D eigenvalue weighted by atomic mass is 10.0. The van der Waals surface area contributed by atoms with Gasteiger partial charge in [0, 0.05) is 5.56 Å². The van der Waals surface area contributed by atoms with E-state index >= 15 is 0 Å². The van der Waals surface area contributed by atoms with Crippen LogP contribution in [0.5, 0.6) is 0 Å². The fourth-order valence-corrected chi connectivity index (χ4v) is 2.75. The van der Waals surface area contributed by atoms with E-state index in [2.05, 4.69) is 38.1 Å². The topological polar surface area (TPSA) is 85.1 Å². The van der Waals surface area contributed by atoms with E-state index in [0.29, 0.717) is 5.82 Å². The van der Waals surface area contributed by atoms with Gasteiger partial charge in [0.2, 0.25) is 5.82 Å². The summed E-state index contributed by atoms with van der Waals surface area (Å²) in [6.45, 7) is -0.0654. The number of nitrogens with zero attached hydrogens (tertiary/aromatic N) is 5. The Bertz CT molecular complexity index is 1110. The van der Waals surface area contributed by atoms with Crippen LogP contribution < -0.4 is 5.43 Å². The van der Waals surface area contributed by atoms with E-state index < -0.39 is 0 Å². The summed E-state index contributed by atoms with van der Waals surface area (Å²) in [5.74, 6) is 0.138. The van der Waals surface area contributed by atoms with Crippen molar-refractivity contribution in [1.29, 1.82) is 0 Å². The van der Waals surface area contributed by atoms with Crippen LogP contribution in [-0.2, 0) is 11.3 Å². The maximum atomic E-state index is 12.0. The van der Waals surface area contributed by atoms with Crippen molar-refractivity contribution in [3.05, 3.63) is 90.5 Å². The van der Waals surface area contributed by atoms with Gasteiger partial charge < -0.3 is 0 Å². The normalized spacial score (nSPS) is 10.9. The number of carbonyl (C=O) groups is 1. The standard InChI is InChI=1S/C22H18N6O/c29-21(16-28-26-22(25-27-28)20-9-5-2-6-10-20)24-23-15-17-11-13-19(14-12-17)18-7-3-1-4-8-18/h1-15H,16H2,(H,24,29)/b23-15-. The van der Waals surface area contributed by atoms with Crippen molar-refractivity contribution < 1.29 is 4.79 Å². The molecule has 0 aliphatic carbocycles. The highest BCUT2D eigenvalue weighted by molar-refractivity contribution is 5.83. The Labute approximate surface area is 167 Å². The largest absolute Gasteiger partial charge is 0.271 e. The Morgan fingerprint density at radius 2 is 1.48 bits per heavy atom. The highest BCUT2D eigenvalue weighted by Crippen LogP contribution is 2.18. The van der Waals surface area contributed by atoms with Crippen LogP contribution in [0.3, 0.4) is 0 Å². The van der Waals surface area contributed by atoms with E-state index in [9.17, 15) is 4.79 Å². The smallest absolute Gasteiger partial charge is 0.263 e. The predicted molar refractivity (Wildman–Crippen MR) is 111 cm³/mol. The fraction of sp³-hybridized carbons (Fsp3) is 0.0455. The molecule has 4 aromatic rings. The lowest BCUT2D eigenvalue weighted by Gasteiger charge is -2.02. The zero-order valence-corrected chi connectivity index (χ0v) is 15.5. The maximum absolute atomic E-state index is 12.0. The van der Waals surface area contributed by atoms with Crippen LogP contribution in [0.15, 0.2) is 90.0 Å². The molecule has 1 amide bonds. The third kappa shape index (κ3) is 4.78. The molecule has 142 valence electrons. The molecule has 0 bridgehead atoms. The number of hydrogen-bond acceptors (Lipinski definition) is 5. The third-order valence-corrected chi connectivity index (χ3v) is 4.19. The summed E-state index contributed by atoms with van der Waals surface area (Å²) in [4.78, 5) is 13.3. The maximum Gasteiger partial charge on any atom is 0.263 e. The molecule has 7 nitrogen and oxygen atoms in total. The van der Waals surface area contributed by atoms with Crippen LogP contribution in [0.4, 0.5) is 0 Å². The molecule has 0 unspecified atom stereocenters.